The Morgan fingerprint density at radius 3 is 2.70 bits per heavy atom. The molecule has 0 bridgehead atoms. The first-order chi connectivity index (χ1) is 9.63. The molecule has 0 amide bonds. The fraction of sp³-hybridized carbons (Fsp3) is 0.647. The molecular formula is C17H27N3. The minimum absolute atomic E-state index is 0.354. The molecule has 0 spiro atoms. The summed E-state index contributed by atoms with van der Waals surface area (Å²) in [6.45, 7) is 6.81. The molecule has 1 atom stereocenters. The van der Waals surface area contributed by atoms with Crippen LogP contribution < -0.4 is 10.6 Å². The molecule has 1 unspecified atom stereocenters. The molecule has 1 saturated heterocycles. The van der Waals surface area contributed by atoms with Crippen molar-refractivity contribution in [2.45, 2.75) is 38.8 Å². The van der Waals surface area contributed by atoms with E-state index in [0.717, 1.165) is 12.5 Å². The summed E-state index contributed by atoms with van der Waals surface area (Å²) >= 11 is 0. The standard InChI is InChI=1S/C17H27N3/c1-13(18)15-6-9-20(10-7-15)12-14-3-4-17-16(11-14)5-8-19(17)2/h3-4,11,13,15H,5-10,12,18H2,1-2H3. The molecule has 3 rings (SSSR count). The van der Waals surface area contributed by atoms with E-state index in [9.17, 15) is 0 Å². The summed E-state index contributed by atoms with van der Waals surface area (Å²) in [5, 5.41) is 0. The first-order valence-electron chi connectivity index (χ1n) is 7.94. The van der Waals surface area contributed by atoms with Crippen LogP contribution in [0.2, 0.25) is 0 Å². The number of hydrogen-bond acceptors (Lipinski definition) is 3. The van der Waals surface area contributed by atoms with Gasteiger partial charge in [-0.2, -0.15) is 0 Å². The molecule has 1 fully saturated rings. The molecular weight excluding hydrogens is 246 g/mol. The summed E-state index contributed by atoms with van der Waals surface area (Å²) < 4.78 is 0. The Morgan fingerprint density at radius 2 is 2.00 bits per heavy atom. The zero-order chi connectivity index (χ0) is 14.1. The Balaban J connectivity index is 1.59. The summed E-state index contributed by atoms with van der Waals surface area (Å²) in [6, 6.07) is 7.37. The molecule has 1 aromatic carbocycles. The van der Waals surface area contributed by atoms with Gasteiger partial charge >= 0.3 is 0 Å². The topological polar surface area (TPSA) is 32.5 Å². The van der Waals surface area contributed by atoms with E-state index in [1.165, 1.54) is 55.7 Å². The van der Waals surface area contributed by atoms with Crippen molar-refractivity contribution < 1.29 is 0 Å². The summed E-state index contributed by atoms with van der Waals surface area (Å²) in [7, 11) is 2.18. The normalized spacial score (nSPS) is 22.1. The van der Waals surface area contributed by atoms with Crippen LogP contribution in [-0.2, 0) is 13.0 Å². The molecule has 3 nitrogen and oxygen atoms in total. The van der Waals surface area contributed by atoms with Gasteiger partial charge in [-0.05, 0) is 62.4 Å². The number of rotatable bonds is 3. The number of likely N-dealkylation sites (N-methyl/N-ethyl adjacent to an activating group) is 1. The Morgan fingerprint density at radius 1 is 1.25 bits per heavy atom. The Kier molecular flexibility index (Phi) is 3.99. The maximum Gasteiger partial charge on any atom is 0.0397 e. The lowest BCUT2D eigenvalue weighted by Crippen LogP contribution is -2.39. The van der Waals surface area contributed by atoms with Crippen molar-refractivity contribution in [3.63, 3.8) is 0 Å². The molecule has 0 aliphatic carbocycles. The van der Waals surface area contributed by atoms with Gasteiger partial charge in [-0.1, -0.05) is 12.1 Å². The lowest BCUT2D eigenvalue weighted by molar-refractivity contribution is 0.165. The van der Waals surface area contributed by atoms with Crippen molar-refractivity contribution in [3.8, 4) is 0 Å². The third-order valence-electron chi connectivity index (χ3n) is 5.05. The molecule has 2 N–H and O–H groups in total. The highest BCUT2D eigenvalue weighted by Gasteiger charge is 2.22. The monoisotopic (exact) mass is 273 g/mol. The van der Waals surface area contributed by atoms with E-state index in [1.54, 1.807) is 0 Å². The lowest BCUT2D eigenvalue weighted by atomic mass is 9.91. The zero-order valence-electron chi connectivity index (χ0n) is 12.8. The molecule has 2 aliphatic heterocycles. The van der Waals surface area contributed by atoms with Crippen LogP contribution in [0.5, 0.6) is 0 Å². The number of nitrogens with zero attached hydrogens (tertiary/aromatic N) is 2. The maximum absolute atomic E-state index is 6.02. The van der Waals surface area contributed by atoms with E-state index < -0.39 is 0 Å². The molecule has 0 saturated carbocycles. The van der Waals surface area contributed by atoms with E-state index in [2.05, 4.69) is 42.0 Å². The number of hydrogen-bond donors (Lipinski definition) is 1. The maximum atomic E-state index is 6.02. The molecule has 1 aromatic rings. The van der Waals surface area contributed by atoms with Crippen molar-refractivity contribution in [3.05, 3.63) is 29.3 Å². The highest BCUT2D eigenvalue weighted by molar-refractivity contribution is 5.58. The van der Waals surface area contributed by atoms with Gasteiger partial charge in [0.2, 0.25) is 0 Å². The Hall–Kier alpha value is -1.06. The lowest BCUT2D eigenvalue weighted by Gasteiger charge is -2.33. The van der Waals surface area contributed by atoms with Crippen LogP contribution in [-0.4, -0.2) is 37.6 Å². The summed E-state index contributed by atoms with van der Waals surface area (Å²) in [5.74, 6) is 0.722. The molecule has 2 aliphatic rings. The van der Waals surface area contributed by atoms with Gasteiger partial charge in [0.15, 0.2) is 0 Å². The number of piperidine rings is 1. The molecule has 0 radical (unpaired) electrons. The van der Waals surface area contributed by atoms with E-state index in [-0.39, 0.29) is 0 Å². The summed E-state index contributed by atoms with van der Waals surface area (Å²) in [6.07, 6.45) is 3.71. The van der Waals surface area contributed by atoms with Gasteiger partial charge in [-0.3, -0.25) is 4.90 Å². The van der Waals surface area contributed by atoms with E-state index in [1.807, 2.05) is 0 Å². The number of fused-ring (bicyclic) bond motifs is 1. The second kappa shape index (κ2) is 5.74. The van der Waals surface area contributed by atoms with E-state index in [0.29, 0.717) is 6.04 Å². The fourth-order valence-electron chi connectivity index (χ4n) is 3.61. The quantitative estimate of drug-likeness (QED) is 0.917. The van der Waals surface area contributed by atoms with E-state index >= 15 is 0 Å². The molecule has 0 aromatic heterocycles. The minimum atomic E-state index is 0.354. The van der Waals surface area contributed by atoms with E-state index in [4.69, 9.17) is 5.73 Å². The van der Waals surface area contributed by atoms with Gasteiger partial charge in [0.25, 0.3) is 0 Å². The smallest absolute Gasteiger partial charge is 0.0397 e. The minimum Gasteiger partial charge on any atom is -0.374 e. The van der Waals surface area contributed by atoms with Crippen molar-refractivity contribution in [1.82, 2.24) is 4.90 Å². The third-order valence-corrected chi connectivity index (χ3v) is 5.05. The zero-order valence-corrected chi connectivity index (χ0v) is 12.8. The molecule has 2 heterocycles. The average molecular weight is 273 g/mol. The largest absolute Gasteiger partial charge is 0.374 e. The number of benzene rings is 1. The molecule has 110 valence electrons. The van der Waals surface area contributed by atoms with Crippen molar-refractivity contribution >= 4 is 5.69 Å². The predicted molar refractivity (Wildman–Crippen MR) is 85.1 cm³/mol. The van der Waals surface area contributed by atoms with Gasteiger partial charge in [0, 0.05) is 31.9 Å². The Bertz CT molecular complexity index is 461. The van der Waals surface area contributed by atoms with Gasteiger partial charge in [0.05, 0.1) is 0 Å². The Labute approximate surface area is 122 Å². The highest BCUT2D eigenvalue weighted by atomic mass is 15.1. The van der Waals surface area contributed by atoms with Crippen LogP contribution in [0.3, 0.4) is 0 Å². The third kappa shape index (κ3) is 2.84. The van der Waals surface area contributed by atoms with Gasteiger partial charge < -0.3 is 10.6 Å². The van der Waals surface area contributed by atoms with Crippen LogP contribution >= 0.6 is 0 Å². The summed E-state index contributed by atoms with van der Waals surface area (Å²) in [4.78, 5) is 4.94. The van der Waals surface area contributed by atoms with Crippen molar-refractivity contribution in [2.24, 2.45) is 11.7 Å². The number of anilines is 1. The van der Waals surface area contributed by atoms with Crippen molar-refractivity contribution in [2.75, 3.05) is 31.6 Å². The molecule has 20 heavy (non-hydrogen) atoms. The molecule has 3 heteroatoms. The second-order valence-electron chi connectivity index (χ2n) is 6.61. The van der Waals surface area contributed by atoms with Gasteiger partial charge in [-0.25, -0.2) is 0 Å². The second-order valence-corrected chi connectivity index (χ2v) is 6.61. The highest BCUT2D eigenvalue weighted by Crippen LogP contribution is 2.28. The summed E-state index contributed by atoms with van der Waals surface area (Å²) in [5.41, 5.74) is 10.4. The van der Waals surface area contributed by atoms with Crippen LogP contribution in [0.1, 0.15) is 30.9 Å². The fourth-order valence-corrected chi connectivity index (χ4v) is 3.61. The number of likely N-dealkylation sites (tertiary alicyclic amines) is 1. The van der Waals surface area contributed by atoms with Crippen LogP contribution in [0.15, 0.2) is 18.2 Å². The first kappa shape index (κ1) is 13.9. The number of nitrogens with two attached hydrogens (primary N) is 1. The van der Waals surface area contributed by atoms with Crippen LogP contribution in [0.4, 0.5) is 5.69 Å². The van der Waals surface area contributed by atoms with Gasteiger partial charge in [-0.15, -0.1) is 0 Å². The van der Waals surface area contributed by atoms with Crippen LogP contribution in [0.25, 0.3) is 0 Å². The van der Waals surface area contributed by atoms with Crippen LogP contribution in [0, 0.1) is 5.92 Å². The van der Waals surface area contributed by atoms with Crippen molar-refractivity contribution in [1.29, 1.82) is 0 Å². The predicted octanol–water partition coefficient (Wildman–Crippen LogP) is 2.24. The SMILES string of the molecule is CC(N)C1CCN(Cc2ccc3c(c2)CCN3C)CC1. The first-order valence-corrected chi connectivity index (χ1v) is 7.94. The van der Waals surface area contributed by atoms with Gasteiger partial charge in [0.1, 0.15) is 0 Å². The average Bonchev–Trinajstić information content (AvgIpc) is 2.81.